The van der Waals surface area contributed by atoms with E-state index in [1.807, 2.05) is 20.8 Å². The summed E-state index contributed by atoms with van der Waals surface area (Å²) in [5.74, 6) is -1.38. The molecule has 0 fully saturated rings. The van der Waals surface area contributed by atoms with Gasteiger partial charge < -0.3 is 14.6 Å². The highest BCUT2D eigenvalue weighted by Crippen LogP contribution is 2.16. The van der Waals surface area contributed by atoms with E-state index in [0.717, 1.165) is 0 Å². The van der Waals surface area contributed by atoms with Gasteiger partial charge in [-0.1, -0.05) is 20.8 Å². The summed E-state index contributed by atoms with van der Waals surface area (Å²) >= 11 is 0. The average Bonchev–Trinajstić information content (AvgIpc) is 2.59. The van der Waals surface area contributed by atoms with Crippen LogP contribution in [-0.4, -0.2) is 44.5 Å². The highest BCUT2D eigenvalue weighted by Gasteiger charge is 2.25. The van der Waals surface area contributed by atoms with E-state index in [9.17, 15) is 9.59 Å². The maximum atomic E-state index is 12.2. The Labute approximate surface area is 106 Å². The van der Waals surface area contributed by atoms with Crippen molar-refractivity contribution >= 4 is 11.9 Å². The van der Waals surface area contributed by atoms with Crippen molar-refractivity contribution in [3.05, 3.63) is 18.2 Å². The Bertz CT molecular complexity index is 446. The Morgan fingerprint density at radius 2 is 2.06 bits per heavy atom. The molecule has 1 aromatic heterocycles. The lowest BCUT2D eigenvalue weighted by atomic mass is 9.96. The van der Waals surface area contributed by atoms with Crippen LogP contribution < -0.4 is 0 Å². The van der Waals surface area contributed by atoms with E-state index in [1.54, 1.807) is 17.8 Å². The molecule has 0 atom stereocenters. The number of carbonyl (C=O) groups excluding carboxylic acids is 1. The summed E-state index contributed by atoms with van der Waals surface area (Å²) in [4.78, 5) is 28.2. The third-order valence-electron chi connectivity index (χ3n) is 2.20. The van der Waals surface area contributed by atoms with Crippen molar-refractivity contribution < 1.29 is 14.7 Å². The molecule has 0 aliphatic heterocycles. The Morgan fingerprint density at radius 1 is 1.44 bits per heavy atom. The summed E-state index contributed by atoms with van der Waals surface area (Å²) in [6, 6.07) is 0. The molecule has 6 nitrogen and oxygen atoms in total. The number of carboxylic acid groups (broad SMARTS) is 1. The monoisotopic (exact) mass is 253 g/mol. The number of carbonyl (C=O) groups is 2. The van der Waals surface area contributed by atoms with E-state index in [4.69, 9.17) is 5.11 Å². The van der Waals surface area contributed by atoms with Crippen LogP contribution in [0.2, 0.25) is 0 Å². The summed E-state index contributed by atoms with van der Waals surface area (Å²) < 4.78 is 1.66. The Hall–Kier alpha value is -1.85. The third kappa shape index (κ3) is 4.20. The van der Waals surface area contributed by atoms with Gasteiger partial charge in [-0.05, 0) is 5.41 Å². The number of hydrogen-bond donors (Lipinski definition) is 1. The first-order valence-corrected chi connectivity index (χ1v) is 5.68. The number of aliphatic carboxylic acids is 1. The summed E-state index contributed by atoms with van der Waals surface area (Å²) in [6.07, 6.45) is 3.10. The van der Waals surface area contributed by atoms with Crippen LogP contribution in [0.15, 0.2) is 12.5 Å². The minimum atomic E-state index is -1.02. The maximum Gasteiger partial charge on any atom is 0.323 e. The lowest BCUT2D eigenvalue weighted by Gasteiger charge is -2.28. The smallest absolute Gasteiger partial charge is 0.323 e. The molecule has 0 aliphatic carbocycles. The molecular formula is C12H19N3O3. The first-order chi connectivity index (χ1) is 8.19. The first-order valence-electron chi connectivity index (χ1n) is 5.68. The molecule has 100 valence electrons. The van der Waals surface area contributed by atoms with Gasteiger partial charge in [0, 0.05) is 19.8 Å². The highest BCUT2D eigenvalue weighted by atomic mass is 16.4. The molecule has 0 radical (unpaired) electrons. The van der Waals surface area contributed by atoms with Gasteiger partial charge in [0.25, 0.3) is 5.91 Å². The second-order valence-electron chi connectivity index (χ2n) is 5.54. The number of nitrogens with zero attached hydrogens (tertiary/aromatic N) is 3. The van der Waals surface area contributed by atoms with Gasteiger partial charge >= 0.3 is 5.97 Å². The van der Waals surface area contributed by atoms with Crippen LogP contribution in [0.3, 0.4) is 0 Å². The van der Waals surface area contributed by atoms with Gasteiger partial charge in [-0.15, -0.1) is 0 Å². The van der Waals surface area contributed by atoms with E-state index in [2.05, 4.69) is 4.98 Å². The van der Waals surface area contributed by atoms with Crippen LogP contribution in [0.5, 0.6) is 0 Å². The quantitative estimate of drug-likeness (QED) is 0.868. The van der Waals surface area contributed by atoms with Gasteiger partial charge in [-0.3, -0.25) is 9.59 Å². The van der Waals surface area contributed by atoms with Crippen LogP contribution in [0.1, 0.15) is 31.3 Å². The third-order valence-corrected chi connectivity index (χ3v) is 2.20. The molecule has 0 unspecified atom stereocenters. The zero-order valence-electron chi connectivity index (χ0n) is 11.2. The number of imidazole rings is 1. The Morgan fingerprint density at radius 3 is 2.44 bits per heavy atom. The first kappa shape index (κ1) is 14.2. The number of aryl methyl sites for hydroxylation is 1. The molecule has 1 aromatic rings. The van der Waals surface area contributed by atoms with Crippen LogP contribution in [0.25, 0.3) is 0 Å². The fourth-order valence-electron chi connectivity index (χ4n) is 1.62. The van der Waals surface area contributed by atoms with Crippen molar-refractivity contribution in [3.63, 3.8) is 0 Å². The van der Waals surface area contributed by atoms with Crippen molar-refractivity contribution in [3.8, 4) is 0 Å². The average molecular weight is 253 g/mol. The van der Waals surface area contributed by atoms with Crippen LogP contribution >= 0.6 is 0 Å². The van der Waals surface area contributed by atoms with Crippen LogP contribution in [0, 0.1) is 5.41 Å². The maximum absolute atomic E-state index is 12.2. The van der Waals surface area contributed by atoms with Gasteiger partial charge in [0.05, 0.1) is 6.33 Å². The van der Waals surface area contributed by atoms with Gasteiger partial charge in [0.15, 0.2) is 0 Å². The van der Waals surface area contributed by atoms with Crippen LogP contribution in [-0.2, 0) is 11.8 Å². The van der Waals surface area contributed by atoms with Crippen molar-refractivity contribution in [1.29, 1.82) is 0 Å². The number of carboxylic acids is 1. The molecule has 1 N–H and O–H groups in total. The van der Waals surface area contributed by atoms with Crippen molar-refractivity contribution in [1.82, 2.24) is 14.5 Å². The molecule has 0 spiro atoms. The molecule has 0 bridgehead atoms. The summed E-state index contributed by atoms with van der Waals surface area (Å²) in [6.45, 7) is 5.91. The number of amides is 1. The molecule has 1 amide bonds. The van der Waals surface area contributed by atoms with Crippen molar-refractivity contribution in [2.75, 3.05) is 13.1 Å². The van der Waals surface area contributed by atoms with Gasteiger partial charge in [-0.25, -0.2) is 4.98 Å². The van der Waals surface area contributed by atoms with E-state index >= 15 is 0 Å². The molecule has 6 heteroatoms. The largest absolute Gasteiger partial charge is 0.480 e. The van der Waals surface area contributed by atoms with E-state index in [0.29, 0.717) is 6.54 Å². The summed E-state index contributed by atoms with van der Waals surface area (Å²) in [5, 5.41) is 8.86. The zero-order chi connectivity index (χ0) is 13.9. The second-order valence-corrected chi connectivity index (χ2v) is 5.54. The molecule has 1 rings (SSSR count). The fourth-order valence-corrected chi connectivity index (χ4v) is 1.62. The Balaban J connectivity index is 2.88. The lowest BCUT2D eigenvalue weighted by molar-refractivity contribution is -0.138. The number of hydrogen-bond acceptors (Lipinski definition) is 3. The lowest BCUT2D eigenvalue weighted by Crippen LogP contribution is -2.41. The molecule has 0 aliphatic rings. The SMILES string of the molecule is Cn1cnc(C(=O)N(CC(=O)O)CC(C)(C)C)c1. The minimum absolute atomic E-state index is 0.167. The van der Waals surface area contributed by atoms with Crippen molar-refractivity contribution in [2.24, 2.45) is 12.5 Å². The van der Waals surface area contributed by atoms with E-state index < -0.39 is 5.97 Å². The molecule has 0 saturated carbocycles. The fraction of sp³-hybridized carbons (Fsp3) is 0.583. The van der Waals surface area contributed by atoms with Gasteiger partial charge in [0.1, 0.15) is 12.2 Å². The van der Waals surface area contributed by atoms with Gasteiger partial charge in [-0.2, -0.15) is 0 Å². The predicted octanol–water partition coefficient (Wildman–Crippen LogP) is 0.993. The molecular weight excluding hydrogens is 234 g/mol. The summed E-state index contributed by atoms with van der Waals surface area (Å²) in [5.41, 5.74) is 0.0999. The molecule has 1 heterocycles. The zero-order valence-corrected chi connectivity index (χ0v) is 11.2. The second kappa shape index (κ2) is 5.20. The van der Waals surface area contributed by atoms with Crippen LogP contribution in [0.4, 0.5) is 0 Å². The summed E-state index contributed by atoms with van der Waals surface area (Å²) in [7, 11) is 1.76. The number of aromatic nitrogens is 2. The minimum Gasteiger partial charge on any atom is -0.480 e. The topological polar surface area (TPSA) is 75.4 Å². The standard InChI is InChI=1S/C12H19N3O3/c1-12(2,3)7-15(6-10(16)17)11(18)9-5-14(4)8-13-9/h5,8H,6-7H2,1-4H3,(H,16,17). The highest BCUT2D eigenvalue weighted by molar-refractivity contribution is 5.94. The van der Waals surface area contributed by atoms with Gasteiger partial charge in [0.2, 0.25) is 0 Å². The molecule has 0 saturated heterocycles. The molecule has 0 aromatic carbocycles. The number of rotatable bonds is 4. The van der Waals surface area contributed by atoms with E-state index in [-0.39, 0.29) is 23.6 Å². The van der Waals surface area contributed by atoms with E-state index in [1.165, 1.54) is 11.2 Å². The Kier molecular flexibility index (Phi) is 4.11. The van der Waals surface area contributed by atoms with Crippen molar-refractivity contribution in [2.45, 2.75) is 20.8 Å². The normalized spacial score (nSPS) is 11.3. The predicted molar refractivity (Wildman–Crippen MR) is 66.2 cm³/mol. The molecule has 18 heavy (non-hydrogen) atoms.